The van der Waals surface area contributed by atoms with Crippen molar-refractivity contribution in [2.75, 3.05) is 24.5 Å². The lowest BCUT2D eigenvalue weighted by atomic mass is 10.8. The predicted octanol–water partition coefficient (Wildman–Crippen LogP) is -1.96. The van der Waals surface area contributed by atoms with Crippen molar-refractivity contribution in [1.29, 1.82) is 0 Å². The lowest BCUT2D eigenvalue weighted by molar-refractivity contribution is 0.451. The quantitative estimate of drug-likeness (QED) is 0.163. The van der Waals surface area contributed by atoms with Crippen LogP contribution < -0.4 is 10.2 Å². The zero-order valence-corrected chi connectivity index (χ0v) is 13.0. The highest BCUT2D eigenvalue weighted by molar-refractivity contribution is 8.59. The van der Waals surface area contributed by atoms with Gasteiger partial charge in [0.25, 0.3) is 0 Å². The molecule has 4 atom stereocenters. The summed E-state index contributed by atoms with van der Waals surface area (Å²) in [6.07, 6.45) is 0. The Kier molecular flexibility index (Phi) is 6.68. The molecule has 4 unspecified atom stereocenters. The minimum absolute atomic E-state index is 1.15. The summed E-state index contributed by atoms with van der Waals surface area (Å²) in [5.74, 6) is -2.31. The first-order valence-corrected chi connectivity index (χ1v) is 11.5. The van der Waals surface area contributed by atoms with Crippen LogP contribution in [0.25, 0.3) is 0 Å². The third kappa shape index (κ3) is 10.1. The Morgan fingerprint density at radius 1 is 0.947 bits per heavy atom. The van der Waals surface area contributed by atoms with Crippen molar-refractivity contribution in [2.24, 2.45) is 0 Å². The van der Waals surface area contributed by atoms with E-state index in [2.05, 4.69) is 0 Å². The Morgan fingerprint density at radius 2 is 1.26 bits per heavy atom. The smallest absolute Gasteiger partial charge is 0.322 e. The highest BCUT2D eigenvalue weighted by Gasteiger charge is 2.18. The zero-order valence-electron chi connectivity index (χ0n) is 12.9. The summed E-state index contributed by atoms with van der Waals surface area (Å²) < 4.78 is 101. The third-order valence-corrected chi connectivity index (χ3v) is 6.09. The van der Waals surface area contributed by atoms with Crippen molar-refractivity contribution in [3.8, 4) is 0 Å². The SMILES string of the molecule is [2H]C([2H])(CS(=O)S(=O)O)NP(=O)(O)NC([2H])([2H])CS(=O)S(=O)O. The van der Waals surface area contributed by atoms with Gasteiger partial charge in [0.15, 0.2) is 0 Å². The molecule has 116 valence electrons. The van der Waals surface area contributed by atoms with Crippen LogP contribution in [-0.2, 0) is 44.5 Å². The first-order valence-electron chi connectivity index (χ1n) is 5.98. The van der Waals surface area contributed by atoms with Crippen LogP contribution in [0.2, 0.25) is 0 Å². The van der Waals surface area contributed by atoms with Gasteiger partial charge in [-0.1, -0.05) is 0 Å². The summed E-state index contributed by atoms with van der Waals surface area (Å²) in [5.41, 5.74) is 0. The third-order valence-electron chi connectivity index (χ3n) is 1.16. The van der Waals surface area contributed by atoms with E-state index in [0.717, 1.165) is 0 Å². The average molecular weight is 380 g/mol. The van der Waals surface area contributed by atoms with Crippen LogP contribution in [0.15, 0.2) is 0 Å². The van der Waals surface area contributed by atoms with E-state index in [1.54, 1.807) is 0 Å². The van der Waals surface area contributed by atoms with E-state index in [1.807, 2.05) is 0 Å². The Hall–Kier alpha value is 0.630. The fraction of sp³-hybridized carbons (Fsp3) is 1.00. The molecule has 0 aliphatic heterocycles. The van der Waals surface area contributed by atoms with Gasteiger partial charge < -0.3 is 4.89 Å². The number of hydrogen-bond donors (Lipinski definition) is 5. The van der Waals surface area contributed by atoms with Crippen LogP contribution in [0.4, 0.5) is 0 Å². The number of rotatable bonds is 10. The second-order valence-corrected chi connectivity index (χ2v) is 10.7. The molecule has 0 aliphatic carbocycles. The van der Waals surface area contributed by atoms with Crippen molar-refractivity contribution >= 4 is 47.6 Å². The molecule has 0 spiro atoms. The lowest BCUT2D eigenvalue weighted by Gasteiger charge is -2.13. The second-order valence-electron chi connectivity index (χ2n) is 2.48. The first-order chi connectivity index (χ1) is 10.1. The average Bonchev–Trinajstić information content (AvgIpc) is 2.22. The second kappa shape index (κ2) is 9.55. The molecule has 0 aromatic carbocycles. The molecule has 0 rings (SSSR count). The molecule has 0 aliphatic rings. The van der Waals surface area contributed by atoms with Gasteiger partial charge in [-0.3, -0.25) is 13.7 Å². The van der Waals surface area contributed by atoms with Gasteiger partial charge in [-0.25, -0.2) is 27.0 Å². The summed E-state index contributed by atoms with van der Waals surface area (Å²) in [7, 11) is -16.0. The molecule has 0 aromatic heterocycles. The van der Waals surface area contributed by atoms with Crippen molar-refractivity contribution in [3.05, 3.63) is 0 Å². The van der Waals surface area contributed by atoms with Gasteiger partial charge in [-0.15, -0.1) is 0 Å². The van der Waals surface area contributed by atoms with Crippen LogP contribution in [0.3, 0.4) is 0 Å². The van der Waals surface area contributed by atoms with Crippen LogP contribution in [0.1, 0.15) is 5.48 Å². The van der Waals surface area contributed by atoms with Crippen molar-refractivity contribution in [1.82, 2.24) is 10.2 Å². The van der Waals surface area contributed by atoms with Crippen molar-refractivity contribution in [2.45, 2.75) is 0 Å². The van der Waals surface area contributed by atoms with E-state index in [9.17, 15) is 26.3 Å². The molecule has 0 bridgehead atoms. The highest BCUT2D eigenvalue weighted by Crippen LogP contribution is 2.28. The highest BCUT2D eigenvalue weighted by atomic mass is 33.2. The first kappa shape index (κ1) is 13.3. The van der Waals surface area contributed by atoms with Gasteiger partial charge in [0, 0.05) is 18.5 Å². The van der Waals surface area contributed by atoms with E-state index in [-0.39, 0.29) is 0 Å². The summed E-state index contributed by atoms with van der Waals surface area (Å²) in [5, 5.41) is 2.79. The van der Waals surface area contributed by atoms with Gasteiger partial charge in [-0.05, 0) is 0 Å². The molecule has 15 heteroatoms. The van der Waals surface area contributed by atoms with Gasteiger partial charge in [0.05, 0.1) is 11.5 Å². The molecule has 5 N–H and O–H groups in total. The minimum Gasteiger partial charge on any atom is -0.322 e. The molecule has 0 aromatic rings. The molecule has 0 heterocycles. The molecular weight excluding hydrogens is 363 g/mol. The fourth-order valence-corrected chi connectivity index (χ4v) is 2.92. The molecular formula is C4H13N2O8PS4. The predicted molar refractivity (Wildman–Crippen MR) is 73.4 cm³/mol. The fourth-order valence-electron chi connectivity index (χ4n) is 0.525. The Labute approximate surface area is 123 Å². The van der Waals surface area contributed by atoms with E-state index < -0.39 is 72.1 Å². The summed E-state index contributed by atoms with van der Waals surface area (Å²) in [4.78, 5) is 9.47. The summed E-state index contributed by atoms with van der Waals surface area (Å²) in [6.45, 7) is -5.79. The Bertz CT molecular complexity index is 542. The molecule has 0 saturated heterocycles. The number of hydrogen-bond acceptors (Lipinski definition) is 5. The van der Waals surface area contributed by atoms with Gasteiger partial charge in [0.1, 0.15) is 19.7 Å². The van der Waals surface area contributed by atoms with Crippen LogP contribution in [0, 0.1) is 0 Å². The standard InChI is InChI=1S/C4H13N2O8PS4/c7-15(8,5-1-3-16(9)18(11)12)6-2-4-17(10)19(13)14/h1-4H2,(H,11,12)(H,13,14)(H3,5,6,7,8)/i1D2,2D2. The van der Waals surface area contributed by atoms with Gasteiger partial charge >= 0.3 is 7.67 Å². The van der Waals surface area contributed by atoms with Crippen molar-refractivity contribution in [3.63, 3.8) is 0 Å². The summed E-state index contributed by atoms with van der Waals surface area (Å²) in [6, 6.07) is 0. The zero-order chi connectivity index (χ0) is 18.6. The van der Waals surface area contributed by atoms with Crippen LogP contribution >= 0.6 is 7.67 Å². The molecule has 0 amide bonds. The lowest BCUT2D eigenvalue weighted by Crippen LogP contribution is -2.28. The molecule has 0 fully saturated rings. The molecule has 0 radical (unpaired) electrons. The Balaban J connectivity index is 4.96. The van der Waals surface area contributed by atoms with Gasteiger partial charge in [0.2, 0.25) is 20.2 Å². The topological polar surface area (TPSA) is 170 Å². The van der Waals surface area contributed by atoms with E-state index in [4.69, 9.17) is 14.6 Å². The Morgan fingerprint density at radius 3 is 1.53 bits per heavy atom. The molecule has 19 heavy (non-hydrogen) atoms. The summed E-state index contributed by atoms with van der Waals surface area (Å²) >= 11 is 0. The van der Waals surface area contributed by atoms with E-state index >= 15 is 0 Å². The molecule has 0 saturated carbocycles. The number of nitrogens with one attached hydrogen (secondary N) is 2. The normalized spacial score (nSPS) is 25.8. The molecule has 10 nitrogen and oxygen atoms in total. The maximum absolute atomic E-state index is 11.7. The van der Waals surface area contributed by atoms with Crippen LogP contribution in [-0.4, -0.2) is 55.3 Å². The van der Waals surface area contributed by atoms with Gasteiger partial charge in [-0.2, -0.15) is 0 Å². The van der Waals surface area contributed by atoms with Crippen molar-refractivity contribution < 1.29 is 40.9 Å². The largest absolute Gasteiger partial charge is 0.338 e. The maximum atomic E-state index is 11.7. The minimum atomic E-state index is -4.99. The van der Waals surface area contributed by atoms with E-state index in [1.165, 1.54) is 10.2 Å². The van der Waals surface area contributed by atoms with Crippen LogP contribution in [0.5, 0.6) is 0 Å². The maximum Gasteiger partial charge on any atom is 0.338 e. The monoisotopic (exact) mass is 380 g/mol. The van der Waals surface area contributed by atoms with E-state index in [0.29, 0.717) is 0 Å².